The second-order valence-corrected chi connectivity index (χ2v) is 19.6. The Hall–Kier alpha value is -8.66. The van der Waals surface area contributed by atoms with Crippen molar-refractivity contribution in [1.82, 2.24) is 45.0 Å². The highest BCUT2D eigenvalue weighted by molar-refractivity contribution is 7.90. The van der Waals surface area contributed by atoms with Crippen LogP contribution in [-0.2, 0) is 19.4 Å². The number of anilines is 9. The van der Waals surface area contributed by atoms with E-state index in [1.54, 1.807) is 48.7 Å². The molecule has 2 amide bonds. The molecule has 8 aromatic rings. The van der Waals surface area contributed by atoms with Crippen LogP contribution in [0.15, 0.2) is 131 Å². The van der Waals surface area contributed by atoms with Crippen molar-refractivity contribution >= 4 is 84.8 Å². The van der Waals surface area contributed by atoms with Crippen LogP contribution in [0.4, 0.5) is 52.2 Å². The summed E-state index contributed by atoms with van der Waals surface area (Å²) < 4.78 is 29.3. The first kappa shape index (κ1) is 47.0. The fraction of sp³-hybridized carbons (Fsp3) is 0.260. The zero-order valence-corrected chi connectivity index (χ0v) is 40.0. The lowest BCUT2D eigenvalue weighted by atomic mass is 9.97. The average molecular weight is 987 g/mol. The number of rotatable bonds is 16. The molecule has 22 heteroatoms. The van der Waals surface area contributed by atoms with Gasteiger partial charge in [0.05, 0.1) is 10.4 Å². The highest BCUT2D eigenvalue weighted by Crippen LogP contribution is 2.31. The SMILES string of the molecule is CS(=O)(=O)c1ccc(-c2noc(C3CCN(c4ncnc(Nc5cccc(NC(=O)CCC(=O)Nc6cccc(Nc7ncnc(N8CCC(Nc9ccc%10ncccc%10c9)CC8)n7)c6)c5)n4)CC3)n2)cc1. The van der Waals surface area contributed by atoms with Gasteiger partial charge in [-0.2, -0.15) is 15.0 Å². The molecule has 2 aliphatic rings. The van der Waals surface area contributed by atoms with Crippen LogP contribution < -0.4 is 36.4 Å². The molecular weight excluding hydrogens is 937 g/mol. The van der Waals surface area contributed by atoms with E-state index in [9.17, 15) is 18.0 Å². The molecule has 4 aromatic heterocycles. The predicted molar refractivity (Wildman–Crippen MR) is 273 cm³/mol. The third kappa shape index (κ3) is 11.8. The van der Waals surface area contributed by atoms with E-state index in [1.807, 2.05) is 30.3 Å². The topological polar surface area (TPSA) is 264 Å². The van der Waals surface area contributed by atoms with Gasteiger partial charge in [0.1, 0.15) is 12.7 Å². The monoisotopic (exact) mass is 986 g/mol. The minimum Gasteiger partial charge on any atom is -0.382 e. The Bertz CT molecular complexity index is 3320. The number of hydrogen-bond acceptors (Lipinski definition) is 19. The molecule has 21 nitrogen and oxygen atoms in total. The van der Waals surface area contributed by atoms with E-state index in [2.05, 4.69) is 99.6 Å². The molecule has 0 unspecified atom stereocenters. The van der Waals surface area contributed by atoms with E-state index in [0.29, 0.717) is 83.0 Å². The van der Waals surface area contributed by atoms with E-state index in [-0.39, 0.29) is 35.5 Å². The van der Waals surface area contributed by atoms with Crippen molar-refractivity contribution < 1.29 is 22.5 Å². The third-order valence-corrected chi connectivity index (χ3v) is 13.5. The van der Waals surface area contributed by atoms with Gasteiger partial charge in [-0.05, 0) is 111 Å². The van der Waals surface area contributed by atoms with Crippen LogP contribution >= 0.6 is 0 Å². The number of amides is 2. The number of nitrogens with zero attached hydrogens (tertiary/aromatic N) is 11. The minimum atomic E-state index is -3.31. The summed E-state index contributed by atoms with van der Waals surface area (Å²) >= 11 is 0. The van der Waals surface area contributed by atoms with Crippen molar-refractivity contribution in [3.8, 4) is 11.4 Å². The Morgan fingerprint density at radius 3 is 1.81 bits per heavy atom. The van der Waals surface area contributed by atoms with Gasteiger partial charge in [0.25, 0.3) is 0 Å². The first-order valence-electron chi connectivity index (χ1n) is 23.5. The van der Waals surface area contributed by atoms with E-state index in [1.165, 1.54) is 24.8 Å². The van der Waals surface area contributed by atoms with Gasteiger partial charge < -0.3 is 40.9 Å². The van der Waals surface area contributed by atoms with Crippen molar-refractivity contribution in [2.75, 3.05) is 68.8 Å². The Morgan fingerprint density at radius 1 is 0.625 bits per heavy atom. The number of pyridine rings is 1. The second kappa shape index (κ2) is 21.1. The van der Waals surface area contributed by atoms with Crippen LogP contribution in [0.2, 0.25) is 0 Å². The molecule has 366 valence electrons. The molecule has 0 aliphatic carbocycles. The molecule has 6 heterocycles. The number of fused-ring (bicyclic) bond motifs is 1. The fourth-order valence-corrected chi connectivity index (χ4v) is 9.23. The van der Waals surface area contributed by atoms with Gasteiger partial charge in [0.15, 0.2) is 9.84 Å². The van der Waals surface area contributed by atoms with Gasteiger partial charge in [-0.15, -0.1) is 0 Å². The first-order chi connectivity index (χ1) is 35.0. The van der Waals surface area contributed by atoms with Gasteiger partial charge in [0.2, 0.25) is 47.3 Å². The number of piperidine rings is 2. The van der Waals surface area contributed by atoms with Gasteiger partial charge >= 0.3 is 0 Å². The number of carbonyl (C=O) groups is 2. The highest BCUT2D eigenvalue weighted by atomic mass is 32.2. The van der Waals surface area contributed by atoms with Gasteiger partial charge in [-0.1, -0.05) is 23.4 Å². The van der Waals surface area contributed by atoms with Gasteiger partial charge in [-0.3, -0.25) is 14.6 Å². The van der Waals surface area contributed by atoms with Crippen LogP contribution in [-0.4, -0.2) is 104 Å². The summed E-state index contributed by atoms with van der Waals surface area (Å²) in [4.78, 5) is 66.2. The maximum absolute atomic E-state index is 13.0. The number of aromatic nitrogens is 9. The predicted octanol–water partition coefficient (Wildman–Crippen LogP) is 7.37. The number of nitrogens with one attached hydrogen (secondary N) is 5. The number of sulfone groups is 1. The summed E-state index contributed by atoms with van der Waals surface area (Å²) in [5, 5.41) is 21.1. The smallest absolute Gasteiger partial charge is 0.231 e. The number of carbonyl (C=O) groups excluding carboxylic acids is 2. The van der Waals surface area contributed by atoms with Crippen molar-refractivity contribution in [1.29, 1.82) is 0 Å². The van der Waals surface area contributed by atoms with Crippen LogP contribution in [0.3, 0.4) is 0 Å². The molecule has 0 spiro atoms. The molecule has 2 aliphatic heterocycles. The summed E-state index contributed by atoms with van der Waals surface area (Å²) in [5.74, 6) is 2.16. The molecule has 4 aromatic carbocycles. The molecule has 72 heavy (non-hydrogen) atoms. The first-order valence-corrected chi connectivity index (χ1v) is 25.4. The molecule has 5 N–H and O–H groups in total. The minimum absolute atomic E-state index is 0.0333. The van der Waals surface area contributed by atoms with E-state index < -0.39 is 9.84 Å². The highest BCUT2D eigenvalue weighted by Gasteiger charge is 2.27. The van der Waals surface area contributed by atoms with Crippen molar-refractivity contribution in [2.24, 2.45) is 0 Å². The fourth-order valence-electron chi connectivity index (χ4n) is 8.60. The van der Waals surface area contributed by atoms with Crippen molar-refractivity contribution in [3.05, 3.63) is 128 Å². The zero-order chi connectivity index (χ0) is 49.4. The average Bonchev–Trinajstić information content (AvgIpc) is 3.89. The van der Waals surface area contributed by atoms with Crippen LogP contribution in [0, 0.1) is 0 Å². The third-order valence-electron chi connectivity index (χ3n) is 12.4. The molecule has 0 bridgehead atoms. The summed E-state index contributed by atoms with van der Waals surface area (Å²) in [7, 11) is -3.31. The summed E-state index contributed by atoms with van der Waals surface area (Å²) in [6, 6.07) is 31.3. The number of benzene rings is 4. The van der Waals surface area contributed by atoms with Gasteiger partial charge in [-0.25, -0.2) is 28.4 Å². The Kier molecular flexibility index (Phi) is 13.8. The van der Waals surface area contributed by atoms with E-state index in [4.69, 9.17) is 4.52 Å². The zero-order valence-electron chi connectivity index (χ0n) is 39.1. The van der Waals surface area contributed by atoms with Crippen molar-refractivity contribution in [2.45, 2.75) is 55.4 Å². The number of hydrogen-bond donors (Lipinski definition) is 5. The second-order valence-electron chi connectivity index (χ2n) is 17.6. The van der Waals surface area contributed by atoms with Crippen LogP contribution in [0.5, 0.6) is 0 Å². The van der Waals surface area contributed by atoms with E-state index in [0.717, 1.165) is 61.6 Å². The standard InChI is InChI=1S/C50H50N16O5S/c1-72(69,70)41-13-10-32(11-14-41)45-61-46(71-64-45)33-18-23-65(24-19-33)49-54-30-52-47(62-49)59-38-8-2-6-36(28-38)57-43(67)16-17-44(68)58-37-7-3-9-39(29-37)60-48-53-31-55-50(63-48)66-25-20-35(21-26-66)56-40-12-15-42-34(27-40)5-4-22-51-42/h2-15,22,27-31,33,35,56H,16-21,23-26H2,1H3,(H,57,67)(H,58,68)(H,52,54,59,62)(H,53,55,60,63). The normalized spacial score (nSPS) is 14.5. The van der Waals surface area contributed by atoms with Crippen LogP contribution in [0.25, 0.3) is 22.3 Å². The quantitative estimate of drug-likeness (QED) is 0.0632. The maximum atomic E-state index is 13.0. The maximum Gasteiger partial charge on any atom is 0.231 e. The largest absolute Gasteiger partial charge is 0.382 e. The molecule has 10 rings (SSSR count). The molecule has 0 radical (unpaired) electrons. The molecular formula is C50H50N16O5S. The summed E-state index contributed by atoms with van der Waals surface area (Å²) in [5.41, 5.74) is 5.13. The lowest BCUT2D eigenvalue weighted by Crippen LogP contribution is -2.40. The van der Waals surface area contributed by atoms with Crippen molar-refractivity contribution in [3.63, 3.8) is 0 Å². The lowest BCUT2D eigenvalue weighted by Gasteiger charge is -2.32. The van der Waals surface area contributed by atoms with Gasteiger partial charge in [0, 0.05) is 103 Å². The summed E-state index contributed by atoms with van der Waals surface area (Å²) in [6.45, 7) is 2.87. The molecule has 0 atom stereocenters. The molecule has 0 saturated carbocycles. The Morgan fingerprint density at radius 2 is 1.21 bits per heavy atom. The summed E-state index contributed by atoms with van der Waals surface area (Å²) in [6.07, 6.45) is 9.14. The Labute approximate surface area is 414 Å². The molecule has 2 saturated heterocycles. The lowest BCUT2D eigenvalue weighted by molar-refractivity contribution is -0.121. The molecule has 2 fully saturated rings. The van der Waals surface area contributed by atoms with E-state index >= 15 is 0 Å². The van der Waals surface area contributed by atoms with Crippen LogP contribution in [0.1, 0.15) is 50.3 Å². The Balaban J connectivity index is 0.656.